The molecule has 3 rings (SSSR count). The van der Waals surface area contributed by atoms with Crippen LogP contribution in [0.25, 0.3) is 0 Å². The van der Waals surface area contributed by atoms with Gasteiger partial charge in [0, 0.05) is 6.54 Å². The largest absolute Gasteiger partial charge is 0.492 e. The number of likely N-dealkylation sites (tertiary alicyclic amines) is 1. The molecule has 0 aromatic heterocycles. The zero-order valence-electron chi connectivity index (χ0n) is 11.5. The van der Waals surface area contributed by atoms with Gasteiger partial charge in [0.2, 0.25) is 0 Å². The van der Waals surface area contributed by atoms with Gasteiger partial charge in [-0.2, -0.15) is 0 Å². The van der Waals surface area contributed by atoms with Gasteiger partial charge in [0.1, 0.15) is 12.4 Å². The lowest BCUT2D eigenvalue weighted by Crippen LogP contribution is -2.25. The van der Waals surface area contributed by atoms with Gasteiger partial charge < -0.3 is 9.84 Å². The summed E-state index contributed by atoms with van der Waals surface area (Å²) in [5.41, 5.74) is 2.36. The molecule has 0 spiro atoms. The first-order chi connectivity index (χ1) is 9.33. The van der Waals surface area contributed by atoms with E-state index < -0.39 is 0 Å². The maximum Gasteiger partial charge on any atom is 0.119 e. The summed E-state index contributed by atoms with van der Waals surface area (Å²) in [6.07, 6.45) is 5.42. The Balaban J connectivity index is 1.56. The quantitative estimate of drug-likeness (QED) is 0.904. The monoisotopic (exact) mass is 261 g/mol. The minimum atomic E-state index is -0.276. The van der Waals surface area contributed by atoms with E-state index in [-0.39, 0.29) is 6.10 Å². The van der Waals surface area contributed by atoms with Crippen molar-refractivity contribution in [3.8, 4) is 5.75 Å². The van der Waals surface area contributed by atoms with Gasteiger partial charge in [0.05, 0.1) is 6.10 Å². The first-order valence-electron chi connectivity index (χ1n) is 7.49. The van der Waals surface area contributed by atoms with Gasteiger partial charge >= 0.3 is 0 Å². The standard InChI is InChI=1S/C16H23NO2/c18-16-5-3-4-13-12-14(6-7-15(13)16)19-11-10-17-8-1-2-9-17/h6-7,12,16,18H,1-5,8-11H2. The van der Waals surface area contributed by atoms with Crippen LogP contribution in [0.1, 0.15) is 42.9 Å². The Hall–Kier alpha value is -1.06. The van der Waals surface area contributed by atoms with Gasteiger partial charge in [-0.3, -0.25) is 4.90 Å². The number of nitrogens with zero attached hydrogens (tertiary/aromatic N) is 1. The van der Waals surface area contributed by atoms with Crippen molar-refractivity contribution in [2.45, 2.75) is 38.2 Å². The Labute approximate surface area is 115 Å². The van der Waals surface area contributed by atoms with Crippen molar-refractivity contribution in [1.29, 1.82) is 0 Å². The highest BCUT2D eigenvalue weighted by Crippen LogP contribution is 2.31. The van der Waals surface area contributed by atoms with E-state index in [1.807, 2.05) is 12.1 Å². The number of rotatable bonds is 4. The van der Waals surface area contributed by atoms with Crippen molar-refractivity contribution in [1.82, 2.24) is 4.90 Å². The lowest BCUT2D eigenvalue weighted by atomic mass is 9.89. The van der Waals surface area contributed by atoms with Crippen LogP contribution in [0.5, 0.6) is 5.75 Å². The Morgan fingerprint density at radius 3 is 2.89 bits per heavy atom. The SMILES string of the molecule is OC1CCCc2cc(OCCN3CCCC3)ccc21. The highest BCUT2D eigenvalue weighted by atomic mass is 16.5. The number of ether oxygens (including phenoxy) is 1. The third kappa shape index (κ3) is 3.10. The van der Waals surface area contributed by atoms with E-state index in [9.17, 15) is 5.11 Å². The van der Waals surface area contributed by atoms with Crippen LogP contribution in [0.3, 0.4) is 0 Å². The van der Waals surface area contributed by atoms with Crippen molar-refractivity contribution in [3.63, 3.8) is 0 Å². The van der Waals surface area contributed by atoms with Gasteiger partial charge in [0.25, 0.3) is 0 Å². The van der Waals surface area contributed by atoms with Gasteiger partial charge in [-0.15, -0.1) is 0 Å². The van der Waals surface area contributed by atoms with Crippen molar-refractivity contribution >= 4 is 0 Å². The van der Waals surface area contributed by atoms with Gasteiger partial charge in [-0.1, -0.05) is 6.07 Å². The fraction of sp³-hybridized carbons (Fsp3) is 0.625. The molecule has 1 aromatic rings. The van der Waals surface area contributed by atoms with Crippen LogP contribution in [0.4, 0.5) is 0 Å². The molecule has 1 heterocycles. The molecule has 0 saturated carbocycles. The number of aliphatic hydroxyl groups is 1. The van der Waals surface area contributed by atoms with E-state index in [1.165, 1.54) is 31.5 Å². The zero-order valence-corrected chi connectivity index (χ0v) is 11.5. The van der Waals surface area contributed by atoms with E-state index in [4.69, 9.17) is 4.74 Å². The number of aliphatic hydroxyl groups excluding tert-OH is 1. The maximum absolute atomic E-state index is 9.92. The molecule has 1 N–H and O–H groups in total. The molecule has 1 saturated heterocycles. The summed E-state index contributed by atoms with van der Waals surface area (Å²) < 4.78 is 5.85. The van der Waals surface area contributed by atoms with E-state index >= 15 is 0 Å². The lowest BCUT2D eigenvalue weighted by molar-refractivity contribution is 0.156. The Morgan fingerprint density at radius 1 is 1.21 bits per heavy atom. The molecule has 1 atom stereocenters. The van der Waals surface area contributed by atoms with Crippen LogP contribution < -0.4 is 4.74 Å². The molecule has 1 unspecified atom stereocenters. The molecule has 1 aromatic carbocycles. The van der Waals surface area contributed by atoms with E-state index in [2.05, 4.69) is 11.0 Å². The first kappa shape index (κ1) is 12.9. The van der Waals surface area contributed by atoms with Crippen LogP contribution in [0.2, 0.25) is 0 Å². The van der Waals surface area contributed by atoms with Crippen molar-refractivity contribution in [2.24, 2.45) is 0 Å². The molecule has 0 amide bonds. The summed E-state index contributed by atoms with van der Waals surface area (Å²) in [6, 6.07) is 6.14. The summed E-state index contributed by atoms with van der Waals surface area (Å²) in [5, 5.41) is 9.92. The molecule has 19 heavy (non-hydrogen) atoms. The third-order valence-electron chi connectivity index (χ3n) is 4.27. The van der Waals surface area contributed by atoms with Crippen LogP contribution in [0.15, 0.2) is 18.2 Å². The Kier molecular flexibility index (Phi) is 4.04. The lowest BCUT2D eigenvalue weighted by Gasteiger charge is -2.22. The molecule has 104 valence electrons. The molecule has 3 nitrogen and oxygen atoms in total. The van der Waals surface area contributed by atoms with Crippen molar-refractivity contribution in [2.75, 3.05) is 26.2 Å². The second kappa shape index (κ2) is 5.93. The summed E-state index contributed by atoms with van der Waals surface area (Å²) in [6.45, 7) is 4.24. The van der Waals surface area contributed by atoms with Crippen LogP contribution >= 0.6 is 0 Å². The second-order valence-electron chi connectivity index (χ2n) is 5.67. The number of aryl methyl sites for hydroxylation is 1. The molecular weight excluding hydrogens is 238 g/mol. The smallest absolute Gasteiger partial charge is 0.119 e. The van der Waals surface area contributed by atoms with E-state index in [0.29, 0.717) is 0 Å². The van der Waals surface area contributed by atoms with Gasteiger partial charge in [0.15, 0.2) is 0 Å². The van der Waals surface area contributed by atoms with Crippen molar-refractivity contribution < 1.29 is 9.84 Å². The molecule has 2 aliphatic rings. The second-order valence-corrected chi connectivity index (χ2v) is 5.67. The summed E-state index contributed by atoms with van der Waals surface area (Å²) in [4.78, 5) is 2.46. The zero-order chi connectivity index (χ0) is 13.1. The predicted molar refractivity (Wildman–Crippen MR) is 75.5 cm³/mol. The normalized spacial score (nSPS) is 23.3. The summed E-state index contributed by atoms with van der Waals surface area (Å²) >= 11 is 0. The Bertz CT molecular complexity index is 427. The molecule has 0 bridgehead atoms. The number of hydrogen-bond acceptors (Lipinski definition) is 3. The fourth-order valence-corrected chi connectivity index (χ4v) is 3.15. The highest BCUT2D eigenvalue weighted by molar-refractivity contribution is 5.38. The Morgan fingerprint density at radius 2 is 2.05 bits per heavy atom. The fourth-order valence-electron chi connectivity index (χ4n) is 3.15. The minimum absolute atomic E-state index is 0.276. The average molecular weight is 261 g/mol. The van der Waals surface area contributed by atoms with Gasteiger partial charge in [-0.25, -0.2) is 0 Å². The average Bonchev–Trinajstić information content (AvgIpc) is 2.92. The van der Waals surface area contributed by atoms with Crippen LogP contribution in [0, 0.1) is 0 Å². The molecule has 3 heteroatoms. The number of benzene rings is 1. The molecular formula is C16H23NO2. The molecule has 1 aliphatic heterocycles. The molecule has 1 aliphatic carbocycles. The number of fused-ring (bicyclic) bond motifs is 1. The number of hydrogen-bond donors (Lipinski definition) is 1. The van der Waals surface area contributed by atoms with E-state index in [0.717, 1.165) is 43.7 Å². The van der Waals surface area contributed by atoms with Crippen LogP contribution in [-0.2, 0) is 6.42 Å². The maximum atomic E-state index is 9.92. The topological polar surface area (TPSA) is 32.7 Å². The molecule has 0 radical (unpaired) electrons. The summed E-state index contributed by atoms with van der Waals surface area (Å²) in [5.74, 6) is 0.951. The van der Waals surface area contributed by atoms with Crippen LogP contribution in [-0.4, -0.2) is 36.2 Å². The van der Waals surface area contributed by atoms with Crippen molar-refractivity contribution in [3.05, 3.63) is 29.3 Å². The highest BCUT2D eigenvalue weighted by Gasteiger charge is 2.18. The van der Waals surface area contributed by atoms with Gasteiger partial charge in [-0.05, 0) is 68.5 Å². The van der Waals surface area contributed by atoms with E-state index in [1.54, 1.807) is 0 Å². The minimum Gasteiger partial charge on any atom is -0.492 e. The first-order valence-corrected chi connectivity index (χ1v) is 7.49. The third-order valence-corrected chi connectivity index (χ3v) is 4.27. The molecule has 1 fully saturated rings. The predicted octanol–water partition coefficient (Wildman–Crippen LogP) is 2.53. The summed E-state index contributed by atoms with van der Waals surface area (Å²) in [7, 11) is 0.